The summed E-state index contributed by atoms with van der Waals surface area (Å²) < 4.78 is 5.46. The Morgan fingerprint density at radius 3 is 2.55 bits per heavy atom. The van der Waals surface area contributed by atoms with E-state index in [1.54, 1.807) is 6.07 Å². The van der Waals surface area contributed by atoms with Crippen LogP contribution < -0.4 is 16.0 Å². The fourth-order valence-electron chi connectivity index (χ4n) is 3.53. The SMILES string of the molecule is CC(C)(C)c1ccc(N2CCO[C@H]([C@@H](O)C(=O)Nc3ccc(C#N)c(CN)c3)C2=O)cc1.Cl. The molecule has 0 bridgehead atoms. The van der Waals surface area contributed by atoms with E-state index in [9.17, 15) is 14.7 Å². The van der Waals surface area contributed by atoms with Crippen LogP contribution in [0.3, 0.4) is 0 Å². The number of hydrogen-bond acceptors (Lipinski definition) is 6. The molecule has 2 amide bonds. The summed E-state index contributed by atoms with van der Waals surface area (Å²) >= 11 is 0. The minimum Gasteiger partial charge on any atom is -0.380 e. The van der Waals surface area contributed by atoms with E-state index in [0.29, 0.717) is 29.0 Å². The number of rotatable bonds is 5. The number of carbonyl (C=O) groups excluding carboxylic acids is 2. The number of carbonyl (C=O) groups is 2. The van der Waals surface area contributed by atoms with Gasteiger partial charge in [-0.25, -0.2) is 0 Å². The van der Waals surface area contributed by atoms with Gasteiger partial charge in [-0.3, -0.25) is 9.59 Å². The number of morpholine rings is 1. The Balaban J connectivity index is 0.00000385. The zero-order chi connectivity index (χ0) is 23.5. The number of anilines is 2. The van der Waals surface area contributed by atoms with Gasteiger partial charge in [-0.05, 0) is 46.9 Å². The average molecular weight is 473 g/mol. The summed E-state index contributed by atoms with van der Waals surface area (Å²) in [6, 6.07) is 14.3. The predicted molar refractivity (Wildman–Crippen MR) is 128 cm³/mol. The number of aliphatic hydroxyl groups excluding tert-OH is 1. The molecule has 1 aliphatic rings. The molecule has 176 valence electrons. The van der Waals surface area contributed by atoms with E-state index >= 15 is 0 Å². The summed E-state index contributed by atoms with van der Waals surface area (Å²) in [5, 5.41) is 22.2. The second-order valence-corrected chi connectivity index (χ2v) is 8.70. The van der Waals surface area contributed by atoms with E-state index in [0.717, 1.165) is 5.56 Å². The van der Waals surface area contributed by atoms with Gasteiger partial charge in [0.25, 0.3) is 11.8 Å². The zero-order valence-corrected chi connectivity index (χ0v) is 19.7. The van der Waals surface area contributed by atoms with E-state index in [2.05, 4.69) is 26.1 Å². The molecule has 1 saturated heterocycles. The minimum absolute atomic E-state index is 0. The Bertz CT molecular complexity index is 1040. The maximum Gasteiger partial charge on any atom is 0.259 e. The average Bonchev–Trinajstić information content (AvgIpc) is 2.78. The van der Waals surface area contributed by atoms with Crippen LogP contribution in [0.1, 0.15) is 37.5 Å². The Labute approximate surface area is 199 Å². The van der Waals surface area contributed by atoms with Gasteiger partial charge in [-0.2, -0.15) is 5.26 Å². The standard InChI is InChI=1S/C24H28N4O4.ClH/c1-24(2,3)17-5-8-19(9-6-17)28-10-11-32-21(23(28)31)20(29)22(30)27-18-7-4-15(13-25)16(12-18)14-26;/h4-9,12,20-21,29H,10-11,14,26H2,1-3H3,(H,27,30);1H/t20-,21-;/m1./s1. The van der Waals surface area contributed by atoms with E-state index in [4.69, 9.17) is 15.7 Å². The Morgan fingerprint density at radius 1 is 1.30 bits per heavy atom. The molecule has 4 N–H and O–H groups in total. The molecule has 3 rings (SSSR count). The van der Waals surface area contributed by atoms with E-state index in [1.807, 2.05) is 30.3 Å². The number of ether oxygens (including phenoxy) is 1. The first-order valence-electron chi connectivity index (χ1n) is 10.4. The normalized spacial score (nSPS) is 17.0. The summed E-state index contributed by atoms with van der Waals surface area (Å²) in [4.78, 5) is 27.1. The van der Waals surface area contributed by atoms with Crippen molar-refractivity contribution >= 4 is 35.6 Å². The smallest absolute Gasteiger partial charge is 0.259 e. The van der Waals surface area contributed by atoms with Crippen molar-refractivity contribution in [3.8, 4) is 6.07 Å². The van der Waals surface area contributed by atoms with Crippen LogP contribution in [-0.4, -0.2) is 42.3 Å². The van der Waals surface area contributed by atoms with Gasteiger partial charge in [0, 0.05) is 24.5 Å². The summed E-state index contributed by atoms with van der Waals surface area (Å²) in [6.07, 6.45) is -3.02. The van der Waals surface area contributed by atoms with Crippen molar-refractivity contribution in [2.24, 2.45) is 5.73 Å². The molecule has 8 nitrogen and oxygen atoms in total. The highest BCUT2D eigenvalue weighted by atomic mass is 35.5. The summed E-state index contributed by atoms with van der Waals surface area (Å²) in [7, 11) is 0. The van der Waals surface area contributed by atoms with Gasteiger partial charge in [-0.1, -0.05) is 32.9 Å². The number of halogens is 1. The van der Waals surface area contributed by atoms with Crippen molar-refractivity contribution in [1.29, 1.82) is 5.26 Å². The highest BCUT2D eigenvalue weighted by molar-refractivity contribution is 6.03. The maximum absolute atomic E-state index is 13.0. The van der Waals surface area contributed by atoms with Gasteiger partial charge in [0.05, 0.1) is 18.2 Å². The molecule has 1 heterocycles. The number of nitrogens with zero attached hydrogens (tertiary/aromatic N) is 2. The molecule has 33 heavy (non-hydrogen) atoms. The van der Waals surface area contributed by atoms with Crippen LogP contribution in [0.15, 0.2) is 42.5 Å². The molecule has 1 aliphatic heterocycles. The third-order valence-corrected chi connectivity index (χ3v) is 5.44. The van der Waals surface area contributed by atoms with Gasteiger partial charge in [0.2, 0.25) is 0 Å². The van der Waals surface area contributed by atoms with E-state index in [-0.39, 0.29) is 31.0 Å². The highest BCUT2D eigenvalue weighted by Gasteiger charge is 2.39. The van der Waals surface area contributed by atoms with Crippen molar-refractivity contribution in [3.63, 3.8) is 0 Å². The molecule has 0 unspecified atom stereocenters. The molecule has 0 saturated carbocycles. The van der Waals surface area contributed by atoms with Crippen molar-refractivity contribution in [3.05, 3.63) is 59.2 Å². The molecule has 0 aliphatic carbocycles. The summed E-state index contributed by atoms with van der Waals surface area (Å²) in [5.41, 5.74) is 8.79. The Morgan fingerprint density at radius 2 is 1.97 bits per heavy atom. The number of aliphatic hydroxyl groups is 1. The molecular weight excluding hydrogens is 444 g/mol. The first kappa shape index (κ1) is 26.3. The lowest BCUT2D eigenvalue weighted by atomic mass is 9.87. The van der Waals surface area contributed by atoms with Crippen LogP contribution in [0.4, 0.5) is 11.4 Å². The van der Waals surface area contributed by atoms with Gasteiger partial charge < -0.3 is 25.8 Å². The fraction of sp³-hybridized carbons (Fsp3) is 0.375. The van der Waals surface area contributed by atoms with Crippen molar-refractivity contribution < 1.29 is 19.4 Å². The van der Waals surface area contributed by atoms with Gasteiger partial charge in [0.1, 0.15) is 0 Å². The monoisotopic (exact) mass is 472 g/mol. The van der Waals surface area contributed by atoms with Crippen LogP contribution in [0, 0.1) is 11.3 Å². The number of benzene rings is 2. The zero-order valence-electron chi connectivity index (χ0n) is 18.9. The third-order valence-electron chi connectivity index (χ3n) is 5.44. The van der Waals surface area contributed by atoms with Gasteiger partial charge >= 0.3 is 0 Å². The topological polar surface area (TPSA) is 129 Å². The number of nitrogens with two attached hydrogens (primary N) is 1. The lowest BCUT2D eigenvalue weighted by Crippen LogP contribution is -2.55. The molecule has 0 aromatic heterocycles. The molecule has 0 spiro atoms. The molecule has 0 radical (unpaired) electrons. The Hall–Kier alpha value is -2.96. The van der Waals surface area contributed by atoms with Crippen LogP contribution in [0.5, 0.6) is 0 Å². The van der Waals surface area contributed by atoms with E-state index < -0.39 is 24.0 Å². The number of nitriles is 1. The van der Waals surface area contributed by atoms with Crippen LogP contribution in [0.2, 0.25) is 0 Å². The lowest BCUT2D eigenvalue weighted by molar-refractivity contribution is -0.150. The molecule has 2 aromatic carbocycles. The second-order valence-electron chi connectivity index (χ2n) is 8.70. The Kier molecular flexibility index (Phi) is 8.58. The van der Waals surface area contributed by atoms with Crippen molar-refractivity contribution in [1.82, 2.24) is 0 Å². The largest absolute Gasteiger partial charge is 0.380 e. The van der Waals surface area contributed by atoms with Crippen molar-refractivity contribution in [2.45, 2.75) is 44.9 Å². The third kappa shape index (κ3) is 5.89. The first-order chi connectivity index (χ1) is 15.2. The number of nitrogens with one attached hydrogen (secondary N) is 1. The van der Waals surface area contributed by atoms with Crippen LogP contribution >= 0.6 is 12.4 Å². The minimum atomic E-state index is -1.70. The summed E-state index contributed by atoms with van der Waals surface area (Å²) in [5.74, 6) is -1.26. The molecular formula is C24H29ClN4O4. The van der Waals surface area contributed by atoms with Crippen LogP contribution in [-0.2, 0) is 26.3 Å². The quantitative estimate of drug-likeness (QED) is 0.613. The van der Waals surface area contributed by atoms with E-state index in [1.165, 1.54) is 17.0 Å². The number of amides is 2. The predicted octanol–water partition coefficient (Wildman–Crippen LogP) is 2.47. The lowest BCUT2D eigenvalue weighted by Gasteiger charge is -2.34. The number of hydrogen-bond donors (Lipinski definition) is 3. The van der Waals surface area contributed by atoms with Crippen LogP contribution in [0.25, 0.3) is 0 Å². The molecule has 2 atom stereocenters. The molecule has 2 aromatic rings. The summed E-state index contributed by atoms with van der Waals surface area (Å²) in [6.45, 7) is 6.97. The van der Waals surface area contributed by atoms with Crippen molar-refractivity contribution in [2.75, 3.05) is 23.4 Å². The van der Waals surface area contributed by atoms with Gasteiger partial charge in [-0.15, -0.1) is 12.4 Å². The molecule has 9 heteroatoms. The van der Waals surface area contributed by atoms with Gasteiger partial charge in [0.15, 0.2) is 12.2 Å². The molecule has 1 fully saturated rings. The first-order valence-corrected chi connectivity index (χ1v) is 10.4. The highest BCUT2D eigenvalue weighted by Crippen LogP contribution is 2.27. The fourth-order valence-corrected chi connectivity index (χ4v) is 3.53. The maximum atomic E-state index is 13.0. The second kappa shape index (κ2) is 10.8.